The Morgan fingerprint density at radius 1 is 1.50 bits per heavy atom. The summed E-state index contributed by atoms with van der Waals surface area (Å²) in [5, 5.41) is 4.24. The second-order valence-corrected chi connectivity index (χ2v) is 4.05. The maximum Gasteiger partial charge on any atom is 0.122 e. The highest BCUT2D eigenvalue weighted by atomic mass is 19.1. The van der Waals surface area contributed by atoms with Crippen LogP contribution in [0.15, 0.2) is 12.4 Å². The van der Waals surface area contributed by atoms with Crippen molar-refractivity contribution >= 4 is 0 Å². The predicted octanol–water partition coefficient (Wildman–Crippen LogP) is 2.90. The lowest BCUT2D eigenvalue weighted by atomic mass is 9.94. The van der Waals surface area contributed by atoms with Gasteiger partial charge in [-0.3, -0.25) is 4.68 Å². The highest BCUT2D eigenvalue weighted by Crippen LogP contribution is 2.30. The van der Waals surface area contributed by atoms with E-state index in [9.17, 15) is 4.39 Å². The molecule has 0 radical (unpaired) electrons. The monoisotopic (exact) mass is 196 g/mol. The zero-order valence-corrected chi connectivity index (χ0v) is 8.62. The Kier molecular flexibility index (Phi) is 2.85. The number of nitrogens with zero attached hydrogens (tertiary/aromatic N) is 2. The van der Waals surface area contributed by atoms with Gasteiger partial charge in [-0.2, -0.15) is 5.10 Å². The fourth-order valence-electron chi connectivity index (χ4n) is 2.11. The maximum atomic E-state index is 13.6. The van der Waals surface area contributed by atoms with E-state index >= 15 is 0 Å². The van der Waals surface area contributed by atoms with Crippen LogP contribution in [-0.4, -0.2) is 16.0 Å². The quantitative estimate of drug-likeness (QED) is 0.711. The van der Waals surface area contributed by atoms with Gasteiger partial charge in [0.1, 0.15) is 6.17 Å². The summed E-state index contributed by atoms with van der Waals surface area (Å²) in [7, 11) is 0. The first-order valence-corrected chi connectivity index (χ1v) is 5.48. The van der Waals surface area contributed by atoms with E-state index in [1.54, 1.807) is 0 Å². The molecule has 3 heteroatoms. The summed E-state index contributed by atoms with van der Waals surface area (Å²) in [6, 6.07) is -0.0101. The molecule has 1 aliphatic carbocycles. The van der Waals surface area contributed by atoms with Crippen LogP contribution in [0.25, 0.3) is 0 Å². The Morgan fingerprint density at radius 2 is 2.29 bits per heavy atom. The second-order valence-electron chi connectivity index (χ2n) is 4.05. The number of rotatable bonds is 2. The van der Waals surface area contributed by atoms with Gasteiger partial charge in [0.15, 0.2) is 0 Å². The van der Waals surface area contributed by atoms with Gasteiger partial charge in [-0.25, -0.2) is 4.39 Å². The van der Waals surface area contributed by atoms with Gasteiger partial charge < -0.3 is 0 Å². The molecule has 2 rings (SSSR count). The largest absolute Gasteiger partial charge is 0.266 e. The lowest BCUT2D eigenvalue weighted by molar-refractivity contribution is 0.160. The molecule has 78 valence electrons. The Balaban J connectivity index is 2.12. The second kappa shape index (κ2) is 4.11. The Bertz CT molecular complexity index is 295. The molecule has 0 bridgehead atoms. The molecular formula is C11H17FN2. The van der Waals surface area contributed by atoms with Crippen molar-refractivity contribution in [3.05, 3.63) is 18.0 Å². The van der Waals surface area contributed by atoms with Crippen LogP contribution in [0.5, 0.6) is 0 Å². The molecule has 1 aromatic rings. The van der Waals surface area contributed by atoms with E-state index in [1.807, 2.05) is 17.1 Å². The molecule has 0 saturated heterocycles. The normalized spacial score (nSPS) is 27.9. The van der Waals surface area contributed by atoms with Gasteiger partial charge in [-0.15, -0.1) is 0 Å². The number of alkyl halides is 1. The Labute approximate surface area is 84.1 Å². The average Bonchev–Trinajstić information content (AvgIpc) is 2.67. The van der Waals surface area contributed by atoms with Gasteiger partial charge in [-0.05, 0) is 24.8 Å². The van der Waals surface area contributed by atoms with E-state index in [0.29, 0.717) is 6.42 Å². The third-order valence-corrected chi connectivity index (χ3v) is 3.05. The summed E-state index contributed by atoms with van der Waals surface area (Å²) in [6.07, 6.45) is 7.91. The van der Waals surface area contributed by atoms with Gasteiger partial charge in [0.2, 0.25) is 0 Å². The highest BCUT2D eigenvalue weighted by Gasteiger charge is 2.26. The molecule has 0 N–H and O–H groups in total. The van der Waals surface area contributed by atoms with Gasteiger partial charge in [0, 0.05) is 6.20 Å². The lowest BCUT2D eigenvalue weighted by Crippen LogP contribution is -2.24. The van der Waals surface area contributed by atoms with Gasteiger partial charge >= 0.3 is 0 Å². The van der Waals surface area contributed by atoms with Crippen LogP contribution in [-0.2, 0) is 6.42 Å². The number of hydrogen-bond acceptors (Lipinski definition) is 1. The standard InChI is InChI=1S/C11H17FN2/c1-2-9-7-13-14(8-9)11-6-4-3-5-10(11)12/h7-8,10-11H,2-6H2,1H3. The van der Waals surface area contributed by atoms with E-state index in [0.717, 1.165) is 25.7 Å². The van der Waals surface area contributed by atoms with Crippen LogP contribution in [0, 0.1) is 0 Å². The van der Waals surface area contributed by atoms with Crippen molar-refractivity contribution in [3.63, 3.8) is 0 Å². The van der Waals surface area contributed by atoms with E-state index in [4.69, 9.17) is 0 Å². The van der Waals surface area contributed by atoms with Crippen LogP contribution in [0.1, 0.15) is 44.2 Å². The van der Waals surface area contributed by atoms with Crippen molar-refractivity contribution in [2.45, 2.75) is 51.2 Å². The van der Waals surface area contributed by atoms with Crippen LogP contribution >= 0.6 is 0 Å². The molecule has 2 nitrogen and oxygen atoms in total. The summed E-state index contributed by atoms with van der Waals surface area (Å²) in [5.41, 5.74) is 1.20. The molecule has 2 atom stereocenters. The van der Waals surface area contributed by atoms with Crippen molar-refractivity contribution in [1.82, 2.24) is 9.78 Å². The van der Waals surface area contributed by atoms with E-state index in [1.165, 1.54) is 5.56 Å². The first-order chi connectivity index (χ1) is 6.81. The molecule has 0 spiro atoms. The SMILES string of the molecule is CCc1cnn(C2CCCCC2F)c1. The van der Waals surface area contributed by atoms with E-state index in [-0.39, 0.29) is 6.04 Å². The van der Waals surface area contributed by atoms with Crippen LogP contribution in [0.2, 0.25) is 0 Å². The van der Waals surface area contributed by atoms with Crippen molar-refractivity contribution in [2.75, 3.05) is 0 Å². The third kappa shape index (κ3) is 1.81. The van der Waals surface area contributed by atoms with Crippen LogP contribution < -0.4 is 0 Å². The van der Waals surface area contributed by atoms with Crippen molar-refractivity contribution in [3.8, 4) is 0 Å². The zero-order chi connectivity index (χ0) is 9.97. The molecular weight excluding hydrogens is 179 g/mol. The summed E-state index contributed by atoms with van der Waals surface area (Å²) in [5.74, 6) is 0. The molecule has 0 amide bonds. The minimum absolute atomic E-state index is 0.0101. The zero-order valence-electron chi connectivity index (χ0n) is 8.62. The fraction of sp³-hybridized carbons (Fsp3) is 0.727. The van der Waals surface area contributed by atoms with Crippen molar-refractivity contribution < 1.29 is 4.39 Å². The Hall–Kier alpha value is -0.860. The summed E-state index contributed by atoms with van der Waals surface area (Å²) >= 11 is 0. The third-order valence-electron chi connectivity index (χ3n) is 3.05. The minimum Gasteiger partial charge on any atom is -0.266 e. The minimum atomic E-state index is -0.701. The topological polar surface area (TPSA) is 17.8 Å². The Morgan fingerprint density at radius 3 is 2.93 bits per heavy atom. The maximum absolute atomic E-state index is 13.6. The average molecular weight is 196 g/mol. The van der Waals surface area contributed by atoms with Gasteiger partial charge in [0.05, 0.1) is 12.2 Å². The molecule has 1 saturated carbocycles. The van der Waals surface area contributed by atoms with Crippen molar-refractivity contribution in [2.24, 2.45) is 0 Å². The molecule has 2 unspecified atom stereocenters. The fourth-order valence-corrected chi connectivity index (χ4v) is 2.11. The van der Waals surface area contributed by atoms with Crippen molar-refractivity contribution in [1.29, 1.82) is 0 Å². The number of aryl methyl sites for hydroxylation is 1. The number of aromatic nitrogens is 2. The highest BCUT2D eigenvalue weighted by molar-refractivity contribution is 5.04. The molecule has 1 aromatic heterocycles. The van der Waals surface area contributed by atoms with Crippen LogP contribution in [0.4, 0.5) is 4.39 Å². The molecule has 1 fully saturated rings. The summed E-state index contributed by atoms with van der Waals surface area (Å²) in [4.78, 5) is 0. The first-order valence-electron chi connectivity index (χ1n) is 5.48. The first kappa shape index (κ1) is 9.69. The molecule has 0 aliphatic heterocycles. The molecule has 1 heterocycles. The summed E-state index contributed by atoms with van der Waals surface area (Å²) in [6.45, 7) is 2.09. The van der Waals surface area contributed by atoms with E-state index in [2.05, 4.69) is 12.0 Å². The van der Waals surface area contributed by atoms with Gasteiger partial charge in [-0.1, -0.05) is 19.8 Å². The van der Waals surface area contributed by atoms with E-state index < -0.39 is 6.17 Å². The molecule has 1 aliphatic rings. The summed E-state index contributed by atoms with van der Waals surface area (Å²) < 4.78 is 15.4. The van der Waals surface area contributed by atoms with Crippen LogP contribution in [0.3, 0.4) is 0 Å². The number of hydrogen-bond donors (Lipinski definition) is 0. The molecule has 14 heavy (non-hydrogen) atoms. The van der Waals surface area contributed by atoms with Gasteiger partial charge in [0.25, 0.3) is 0 Å². The lowest BCUT2D eigenvalue weighted by Gasteiger charge is -2.25. The number of halogens is 1. The predicted molar refractivity (Wildman–Crippen MR) is 54.0 cm³/mol. The molecule has 0 aromatic carbocycles. The smallest absolute Gasteiger partial charge is 0.122 e.